The van der Waals surface area contributed by atoms with Gasteiger partial charge in [-0.25, -0.2) is 8.42 Å². The summed E-state index contributed by atoms with van der Waals surface area (Å²) >= 11 is 0. The number of amides is 1. The highest BCUT2D eigenvalue weighted by Gasteiger charge is 2.26. The van der Waals surface area contributed by atoms with E-state index in [9.17, 15) is 13.2 Å². The van der Waals surface area contributed by atoms with Gasteiger partial charge in [-0.05, 0) is 54.8 Å². The number of fused-ring (bicyclic) bond motifs is 1. The largest absolute Gasteiger partial charge is 0.493 e. The molecule has 28 heavy (non-hydrogen) atoms. The Morgan fingerprint density at radius 2 is 1.96 bits per heavy atom. The highest BCUT2D eigenvalue weighted by Crippen LogP contribution is 2.31. The summed E-state index contributed by atoms with van der Waals surface area (Å²) in [4.78, 5) is 12.5. The summed E-state index contributed by atoms with van der Waals surface area (Å²) in [5, 5.41) is 2.88. The molecule has 8 heteroatoms. The molecule has 0 spiro atoms. The number of nitrogens with zero attached hydrogens (tertiary/aromatic N) is 1. The lowest BCUT2D eigenvalue weighted by atomic mass is 10.1. The second-order valence-electron chi connectivity index (χ2n) is 6.53. The molecule has 1 heterocycles. The molecule has 1 aliphatic rings. The maximum absolute atomic E-state index is 12.5. The lowest BCUT2D eigenvalue weighted by Gasteiger charge is -2.16. The van der Waals surface area contributed by atoms with Crippen molar-refractivity contribution in [2.45, 2.75) is 19.9 Å². The fourth-order valence-electron chi connectivity index (χ4n) is 3.24. The molecule has 0 aliphatic carbocycles. The SMILES string of the molecule is CCOc1ccc(CNC(=O)c2ccc3c(c2)CCN3S(C)(=O)=O)cc1OC. The Hall–Kier alpha value is -2.74. The minimum absolute atomic E-state index is 0.214. The Bertz CT molecular complexity index is 988. The number of methoxy groups -OCH3 is 1. The molecule has 0 saturated carbocycles. The van der Waals surface area contributed by atoms with Crippen LogP contribution in [0.3, 0.4) is 0 Å². The first-order valence-electron chi connectivity index (χ1n) is 9.02. The molecule has 1 amide bonds. The second-order valence-corrected chi connectivity index (χ2v) is 8.44. The molecule has 0 saturated heterocycles. The van der Waals surface area contributed by atoms with Crippen molar-refractivity contribution in [2.24, 2.45) is 0 Å². The first-order valence-corrected chi connectivity index (χ1v) is 10.9. The van der Waals surface area contributed by atoms with Crippen LogP contribution in [0.2, 0.25) is 0 Å². The quantitative estimate of drug-likeness (QED) is 0.766. The van der Waals surface area contributed by atoms with Crippen LogP contribution in [-0.2, 0) is 23.0 Å². The molecule has 0 atom stereocenters. The summed E-state index contributed by atoms with van der Waals surface area (Å²) in [6, 6.07) is 10.6. The predicted molar refractivity (Wildman–Crippen MR) is 108 cm³/mol. The summed E-state index contributed by atoms with van der Waals surface area (Å²) in [6.45, 7) is 3.19. The molecule has 7 nitrogen and oxygen atoms in total. The van der Waals surface area contributed by atoms with Crippen LogP contribution in [0.25, 0.3) is 0 Å². The van der Waals surface area contributed by atoms with Crippen molar-refractivity contribution in [3.05, 3.63) is 53.1 Å². The van der Waals surface area contributed by atoms with Gasteiger partial charge in [0.25, 0.3) is 5.91 Å². The van der Waals surface area contributed by atoms with Gasteiger partial charge in [0.2, 0.25) is 10.0 Å². The second kappa shape index (κ2) is 8.10. The van der Waals surface area contributed by atoms with Crippen LogP contribution in [0.4, 0.5) is 5.69 Å². The number of rotatable bonds is 7. The number of sulfonamides is 1. The highest BCUT2D eigenvalue weighted by molar-refractivity contribution is 7.92. The summed E-state index contributed by atoms with van der Waals surface area (Å²) in [7, 11) is -1.73. The molecule has 2 aromatic rings. The molecule has 2 aromatic carbocycles. The van der Waals surface area contributed by atoms with E-state index in [1.807, 2.05) is 25.1 Å². The molecule has 0 aromatic heterocycles. The van der Waals surface area contributed by atoms with E-state index in [0.29, 0.717) is 48.9 Å². The topological polar surface area (TPSA) is 84.9 Å². The van der Waals surface area contributed by atoms with Gasteiger partial charge in [-0.2, -0.15) is 0 Å². The smallest absolute Gasteiger partial charge is 0.251 e. The molecule has 150 valence electrons. The standard InChI is InChI=1S/C20H24N2O5S/c1-4-27-18-8-5-14(11-19(18)26-2)13-21-20(23)16-6-7-17-15(12-16)9-10-22(17)28(3,24)25/h5-8,11-12H,4,9-10,13H2,1-3H3,(H,21,23). The van der Waals surface area contributed by atoms with Crippen molar-refractivity contribution >= 4 is 21.6 Å². The van der Waals surface area contributed by atoms with Crippen LogP contribution in [0.15, 0.2) is 36.4 Å². The van der Waals surface area contributed by atoms with Gasteiger partial charge in [0.05, 0.1) is 25.7 Å². The van der Waals surface area contributed by atoms with Gasteiger partial charge in [-0.15, -0.1) is 0 Å². The number of anilines is 1. The molecule has 0 fully saturated rings. The van der Waals surface area contributed by atoms with Gasteiger partial charge >= 0.3 is 0 Å². The fourth-order valence-corrected chi connectivity index (χ4v) is 4.20. The Labute approximate surface area is 165 Å². The Balaban J connectivity index is 1.69. The summed E-state index contributed by atoms with van der Waals surface area (Å²) in [5.41, 5.74) is 2.90. The van der Waals surface area contributed by atoms with Crippen LogP contribution < -0.4 is 19.1 Å². The van der Waals surface area contributed by atoms with Crippen molar-refractivity contribution < 1.29 is 22.7 Å². The minimum Gasteiger partial charge on any atom is -0.493 e. The van der Waals surface area contributed by atoms with E-state index in [2.05, 4.69) is 5.32 Å². The van der Waals surface area contributed by atoms with E-state index < -0.39 is 10.0 Å². The lowest BCUT2D eigenvalue weighted by molar-refractivity contribution is 0.0951. The van der Waals surface area contributed by atoms with E-state index in [-0.39, 0.29) is 5.91 Å². The predicted octanol–water partition coefficient (Wildman–Crippen LogP) is 2.35. The number of nitrogens with one attached hydrogen (secondary N) is 1. The normalized spacial score (nSPS) is 13.2. The fraction of sp³-hybridized carbons (Fsp3) is 0.350. The van der Waals surface area contributed by atoms with Crippen molar-refractivity contribution in [3.63, 3.8) is 0 Å². The molecular weight excluding hydrogens is 380 g/mol. The maximum Gasteiger partial charge on any atom is 0.251 e. The van der Waals surface area contributed by atoms with Crippen LogP contribution in [0.1, 0.15) is 28.4 Å². The first-order chi connectivity index (χ1) is 13.3. The number of ether oxygens (including phenoxy) is 2. The van der Waals surface area contributed by atoms with Gasteiger partial charge in [-0.3, -0.25) is 9.10 Å². The number of hydrogen-bond acceptors (Lipinski definition) is 5. The summed E-state index contributed by atoms with van der Waals surface area (Å²) in [6.07, 6.45) is 1.79. The summed E-state index contributed by atoms with van der Waals surface area (Å²) < 4.78 is 35.8. The van der Waals surface area contributed by atoms with Gasteiger partial charge in [0.1, 0.15) is 0 Å². The van der Waals surface area contributed by atoms with Gasteiger partial charge < -0.3 is 14.8 Å². The zero-order valence-electron chi connectivity index (χ0n) is 16.2. The monoisotopic (exact) mass is 404 g/mol. The van der Waals surface area contributed by atoms with Gasteiger partial charge in [0.15, 0.2) is 11.5 Å². The Kier molecular flexibility index (Phi) is 5.79. The molecule has 0 unspecified atom stereocenters. The van der Waals surface area contributed by atoms with E-state index in [1.54, 1.807) is 25.3 Å². The Morgan fingerprint density at radius 3 is 2.64 bits per heavy atom. The number of carbonyl (C=O) groups excluding carboxylic acids is 1. The maximum atomic E-state index is 12.5. The van der Waals surface area contributed by atoms with Crippen LogP contribution in [-0.4, -0.2) is 40.8 Å². The van der Waals surface area contributed by atoms with Crippen LogP contribution >= 0.6 is 0 Å². The molecule has 0 bridgehead atoms. The average molecular weight is 404 g/mol. The highest BCUT2D eigenvalue weighted by atomic mass is 32.2. The number of carbonyl (C=O) groups is 1. The number of benzene rings is 2. The van der Waals surface area contributed by atoms with E-state index in [1.165, 1.54) is 10.6 Å². The minimum atomic E-state index is -3.30. The third kappa shape index (κ3) is 4.22. The Morgan fingerprint density at radius 1 is 1.18 bits per heavy atom. The third-order valence-corrected chi connectivity index (χ3v) is 5.76. The van der Waals surface area contributed by atoms with Crippen LogP contribution in [0.5, 0.6) is 11.5 Å². The van der Waals surface area contributed by atoms with E-state index in [4.69, 9.17) is 9.47 Å². The van der Waals surface area contributed by atoms with E-state index in [0.717, 1.165) is 11.1 Å². The summed E-state index contributed by atoms with van der Waals surface area (Å²) in [5.74, 6) is 1.06. The zero-order valence-corrected chi connectivity index (χ0v) is 17.0. The average Bonchev–Trinajstić information content (AvgIpc) is 3.10. The van der Waals surface area contributed by atoms with Gasteiger partial charge in [0, 0.05) is 18.7 Å². The zero-order chi connectivity index (χ0) is 20.3. The lowest BCUT2D eigenvalue weighted by Crippen LogP contribution is -2.27. The van der Waals surface area contributed by atoms with Crippen molar-refractivity contribution in [1.82, 2.24) is 5.32 Å². The van der Waals surface area contributed by atoms with Crippen LogP contribution in [0, 0.1) is 0 Å². The molecule has 3 rings (SSSR count). The number of hydrogen-bond donors (Lipinski definition) is 1. The third-order valence-electron chi connectivity index (χ3n) is 4.58. The van der Waals surface area contributed by atoms with Crippen molar-refractivity contribution in [2.75, 3.05) is 30.8 Å². The molecular formula is C20H24N2O5S. The van der Waals surface area contributed by atoms with Gasteiger partial charge in [-0.1, -0.05) is 6.07 Å². The molecule has 0 radical (unpaired) electrons. The first kappa shape index (κ1) is 20.0. The van der Waals surface area contributed by atoms with E-state index >= 15 is 0 Å². The molecule has 1 N–H and O–H groups in total. The molecule has 1 aliphatic heterocycles. The van der Waals surface area contributed by atoms with Crippen molar-refractivity contribution in [1.29, 1.82) is 0 Å². The van der Waals surface area contributed by atoms with Crippen molar-refractivity contribution in [3.8, 4) is 11.5 Å².